The Bertz CT molecular complexity index is 452. The molecular formula is C17H28N2O2. The molecule has 0 radical (unpaired) electrons. The van der Waals surface area contributed by atoms with Crippen LogP contribution in [0.4, 0.5) is 0 Å². The summed E-state index contributed by atoms with van der Waals surface area (Å²) in [4.78, 5) is 12.3. The largest absolute Gasteiger partial charge is 0.493 e. The average Bonchev–Trinajstić information content (AvgIpc) is 2.45. The molecule has 1 amide bonds. The molecule has 0 heterocycles. The maximum absolute atomic E-state index is 12.3. The van der Waals surface area contributed by atoms with Crippen molar-refractivity contribution in [3.05, 3.63) is 29.8 Å². The number of nitrogens with one attached hydrogen (secondary N) is 1. The lowest BCUT2D eigenvalue weighted by atomic mass is 9.83. The Balaban J connectivity index is 2.76. The third-order valence-electron chi connectivity index (χ3n) is 3.46. The zero-order chi connectivity index (χ0) is 16.0. The molecule has 4 heteroatoms. The molecule has 21 heavy (non-hydrogen) atoms. The fraction of sp³-hybridized carbons (Fsp3) is 0.588. The van der Waals surface area contributed by atoms with Crippen LogP contribution >= 0.6 is 0 Å². The van der Waals surface area contributed by atoms with Gasteiger partial charge in [0.15, 0.2) is 0 Å². The van der Waals surface area contributed by atoms with Gasteiger partial charge in [0, 0.05) is 12.6 Å². The highest BCUT2D eigenvalue weighted by Gasteiger charge is 2.30. The minimum absolute atomic E-state index is 0.0173. The highest BCUT2D eigenvalue weighted by atomic mass is 16.5. The van der Waals surface area contributed by atoms with E-state index in [1.54, 1.807) is 0 Å². The van der Waals surface area contributed by atoms with Crippen LogP contribution < -0.4 is 15.8 Å². The standard InChI is InChI=1S/C17H28N2O2/c1-12(2)11-21-15-8-6-14(7-9-15)17(4,5)16(20)19-13(3)10-18/h6-9,12-13H,10-11,18H2,1-5H3,(H,19,20)/t13-/m0/s1. The predicted molar refractivity (Wildman–Crippen MR) is 86.5 cm³/mol. The molecule has 0 unspecified atom stereocenters. The van der Waals surface area contributed by atoms with Gasteiger partial charge in [0.05, 0.1) is 12.0 Å². The van der Waals surface area contributed by atoms with Crippen molar-refractivity contribution in [1.29, 1.82) is 0 Å². The zero-order valence-corrected chi connectivity index (χ0v) is 13.8. The van der Waals surface area contributed by atoms with Crippen LogP contribution in [0.15, 0.2) is 24.3 Å². The third-order valence-corrected chi connectivity index (χ3v) is 3.46. The van der Waals surface area contributed by atoms with E-state index >= 15 is 0 Å². The fourth-order valence-corrected chi connectivity index (χ4v) is 1.82. The number of amides is 1. The first-order valence-corrected chi connectivity index (χ1v) is 7.51. The van der Waals surface area contributed by atoms with E-state index < -0.39 is 5.41 Å². The molecule has 0 saturated heterocycles. The Morgan fingerprint density at radius 1 is 1.24 bits per heavy atom. The molecule has 118 valence electrons. The van der Waals surface area contributed by atoms with Crippen molar-refractivity contribution < 1.29 is 9.53 Å². The topological polar surface area (TPSA) is 64.3 Å². The van der Waals surface area contributed by atoms with Crippen LogP contribution in [0.25, 0.3) is 0 Å². The summed E-state index contributed by atoms with van der Waals surface area (Å²) in [6, 6.07) is 7.70. The second kappa shape index (κ2) is 7.46. The first kappa shape index (κ1) is 17.5. The van der Waals surface area contributed by atoms with Crippen molar-refractivity contribution in [3.63, 3.8) is 0 Å². The average molecular weight is 292 g/mol. The Labute approximate surface area is 128 Å². The minimum Gasteiger partial charge on any atom is -0.493 e. The number of benzene rings is 1. The number of hydrogen-bond donors (Lipinski definition) is 2. The molecular weight excluding hydrogens is 264 g/mol. The molecule has 0 spiro atoms. The van der Waals surface area contributed by atoms with E-state index in [1.165, 1.54) is 0 Å². The van der Waals surface area contributed by atoms with E-state index in [1.807, 2.05) is 45.0 Å². The molecule has 4 nitrogen and oxygen atoms in total. The molecule has 0 aliphatic heterocycles. The van der Waals surface area contributed by atoms with Crippen molar-refractivity contribution in [3.8, 4) is 5.75 Å². The fourth-order valence-electron chi connectivity index (χ4n) is 1.82. The third kappa shape index (κ3) is 5.05. The molecule has 1 aromatic rings. The summed E-state index contributed by atoms with van der Waals surface area (Å²) >= 11 is 0. The van der Waals surface area contributed by atoms with Crippen LogP contribution in [0.1, 0.15) is 40.2 Å². The van der Waals surface area contributed by atoms with E-state index in [9.17, 15) is 4.79 Å². The summed E-state index contributed by atoms with van der Waals surface area (Å²) in [5.74, 6) is 1.31. The van der Waals surface area contributed by atoms with Crippen molar-refractivity contribution in [2.75, 3.05) is 13.2 Å². The molecule has 3 N–H and O–H groups in total. The Morgan fingerprint density at radius 2 is 1.81 bits per heavy atom. The molecule has 0 fully saturated rings. The van der Waals surface area contributed by atoms with E-state index in [0.29, 0.717) is 19.1 Å². The van der Waals surface area contributed by atoms with Crippen LogP contribution in [-0.4, -0.2) is 25.1 Å². The summed E-state index contributed by atoms with van der Waals surface area (Å²) in [6.45, 7) is 11.1. The SMILES string of the molecule is CC(C)COc1ccc(C(C)(C)C(=O)N[C@@H](C)CN)cc1. The van der Waals surface area contributed by atoms with Gasteiger partial charge in [0.1, 0.15) is 5.75 Å². The van der Waals surface area contributed by atoms with Crippen LogP contribution in [0, 0.1) is 5.92 Å². The van der Waals surface area contributed by atoms with Gasteiger partial charge >= 0.3 is 0 Å². The van der Waals surface area contributed by atoms with Crippen LogP contribution in [-0.2, 0) is 10.2 Å². The minimum atomic E-state index is -0.597. The first-order chi connectivity index (χ1) is 9.77. The van der Waals surface area contributed by atoms with Gasteiger partial charge in [0.2, 0.25) is 5.91 Å². The van der Waals surface area contributed by atoms with Crippen molar-refractivity contribution in [2.24, 2.45) is 11.7 Å². The second-order valence-electron chi connectivity index (χ2n) is 6.46. The molecule has 1 atom stereocenters. The maximum atomic E-state index is 12.3. The highest BCUT2D eigenvalue weighted by Crippen LogP contribution is 2.25. The van der Waals surface area contributed by atoms with Crippen molar-refractivity contribution in [2.45, 2.75) is 46.1 Å². The molecule has 0 aliphatic carbocycles. The van der Waals surface area contributed by atoms with E-state index in [2.05, 4.69) is 19.2 Å². The van der Waals surface area contributed by atoms with Gasteiger partial charge in [-0.15, -0.1) is 0 Å². The van der Waals surface area contributed by atoms with Gasteiger partial charge in [-0.25, -0.2) is 0 Å². The first-order valence-electron chi connectivity index (χ1n) is 7.51. The van der Waals surface area contributed by atoms with Gasteiger partial charge in [-0.05, 0) is 44.4 Å². The normalized spacial score (nSPS) is 13.1. The maximum Gasteiger partial charge on any atom is 0.230 e. The Kier molecular flexibility index (Phi) is 6.21. The van der Waals surface area contributed by atoms with Crippen LogP contribution in [0.2, 0.25) is 0 Å². The van der Waals surface area contributed by atoms with Crippen molar-refractivity contribution in [1.82, 2.24) is 5.32 Å². The van der Waals surface area contributed by atoms with E-state index in [4.69, 9.17) is 10.5 Å². The summed E-state index contributed by atoms with van der Waals surface area (Å²) in [7, 11) is 0. The molecule has 1 rings (SSSR count). The lowest BCUT2D eigenvalue weighted by Crippen LogP contribution is -2.46. The number of rotatable bonds is 7. The van der Waals surface area contributed by atoms with Crippen LogP contribution in [0.5, 0.6) is 5.75 Å². The van der Waals surface area contributed by atoms with Gasteiger partial charge in [-0.1, -0.05) is 26.0 Å². The van der Waals surface area contributed by atoms with Crippen molar-refractivity contribution >= 4 is 5.91 Å². The van der Waals surface area contributed by atoms with E-state index in [0.717, 1.165) is 11.3 Å². The van der Waals surface area contributed by atoms with Crippen LogP contribution in [0.3, 0.4) is 0 Å². The quantitative estimate of drug-likeness (QED) is 0.811. The second-order valence-corrected chi connectivity index (χ2v) is 6.46. The highest BCUT2D eigenvalue weighted by molar-refractivity contribution is 5.87. The number of carbonyl (C=O) groups excluding carboxylic acids is 1. The molecule has 0 saturated carbocycles. The van der Waals surface area contributed by atoms with Gasteiger partial charge in [-0.2, -0.15) is 0 Å². The predicted octanol–water partition coefficient (Wildman–Crippen LogP) is 2.46. The molecule has 0 aliphatic rings. The van der Waals surface area contributed by atoms with Gasteiger partial charge in [-0.3, -0.25) is 4.79 Å². The number of ether oxygens (including phenoxy) is 1. The number of carbonyl (C=O) groups is 1. The monoisotopic (exact) mass is 292 g/mol. The van der Waals surface area contributed by atoms with Gasteiger partial charge in [0.25, 0.3) is 0 Å². The zero-order valence-electron chi connectivity index (χ0n) is 13.8. The lowest BCUT2D eigenvalue weighted by molar-refractivity contribution is -0.126. The Morgan fingerprint density at radius 3 is 2.29 bits per heavy atom. The summed E-state index contributed by atoms with van der Waals surface area (Å²) in [5, 5.41) is 2.93. The van der Waals surface area contributed by atoms with Gasteiger partial charge < -0.3 is 15.8 Å². The Hall–Kier alpha value is -1.55. The number of nitrogens with two attached hydrogens (primary N) is 1. The summed E-state index contributed by atoms with van der Waals surface area (Å²) in [6.07, 6.45) is 0. The number of hydrogen-bond acceptors (Lipinski definition) is 3. The summed E-state index contributed by atoms with van der Waals surface area (Å²) < 4.78 is 5.66. The summed E-state index contributed by atoms with van der Waals surface area (Å²) in [5.41, 5.74) is 5.91. The molecule has 1 aromatic carbocycles. The van der Waals surface area contributed by atoms with E-state index in [-0.39, 0.29) is 11.9 Å². The smallest absolute Gasteiger partial charge is 0.230 e. The molecule has 0 aromatic heterocycles. The molecule has 0 bridgehead atoms. The lowest BCUT2D eigenvalue weighted by Gasteiger charge is -2.26.